The number of carbonyl (C=O) groups is 1. The van der Waals surface area contributed by atoms with Crippen LogP contribution >= 0.6 is 0 Å². The highest BCUT2D eigenvalue weighted by atomic mass is 16.5. The van der Waals surface area contributed by atoms with Crippen molar-refractivity contribution in [1.82, 2.24) is 14.9 Å². The Hall–Kier alpha value is -3.60. The molecule has 1 N–H and O–H groups in total. The number of hydrogen-bond donors (Lipinski definition) is 1. The number of hydrogen-bond acceptors (Lipinski definition) is 3. The van der Waals surface area contributed by atoms with E-state index in [4.69, 9.17) is 9.72 Å². The standard InChI is InChI=1S/C28H31N3O2/c1-2-22-14-16-24(17-15-22)33-20-19-31-26-12-7-6-11-25(26)30-27(31)13-8-18-29-28(32)21-23-9-4-3-5-10-23/h3-7,9-12,14-17H,2,8,13,18-21H2,1H3,(H,29,32). The number of nitrogens with one attached hydrogen (secondary N) is 1. The van der Waals surface area contributed by atoms with E-state index in [2.05, 4.69) is 35.0 Å². The number of nitrogens with zero attached hydrogens (tertiary/aromatic N) is 2. The van der Waals surface area contributed by atoms with Gasteiger partial charge in [0, 0.05) is 13.0 Å². The number of benzene rings is 3. The van der Waals surface area contributed by atoms with Gasteiger partial charge in [0.05, 0.1) is 24.0 Å². The van der Waals surface area contributed by atoms with Crippen molar-refractivity contribution >= 4 is 16.9 Å². The van der Waals surface area contributed by atoms with Crippen LogP contribution in [0.2, 0.25) is 0 Å². The summed E-state index contributed by atoms with van der Waals surface area (Å²) in [7, 11) is 0. The fourth-order valence-electron chi connectivity index (χ4n) is 3.96. The van der Waals surface area contributed by atoms with E-state index in [0.717, 1.165) is 54.0 Å². The monoisotopic (exact) mass is 441 g/mol. The van der Waals surface area contributed by atoms with Gasteiger partial charge in [0.25, 0.3) is 0 Å². The van der Waals surface area contributed by atoms with Crippen molar-refractivity contribution in [2.75, 3.05) is 13.2 Å². The molecule has 1 heterocycles. The van der Waals surface area contributed by atoms with Crippen molar-refractivity contribution in [3.8, 4) is 5.75 Å². The van der Waals surface area contributed by atoms with E-state index in [1.54, 1.807) is 0 Å². The highest BCUT2D eigenvalue weighted by Gasteiger charge is 2.11. The molecule has 0 radical (unpaired) electrons. The second-order valence-corrected chi connectivity index (χ2v) is 8.13. The van der Waals surface area contributed by atoms with E-state index >= 15 is 0 Å². The Balaban J connectivity index is 1.32. The number of carbonyl (C=O) groups excluding carboxylic acids is 1. The molecule has 0 aliphatic rings. The summed E-state index contributed by atoms with van der Waals surface area (Å²) in [5.41, 5.74) is 4.45. The average molecular weight is 442 g/mol. The summed E-state index contributed by atoms with van der Waals surface area (Å²) in [5, 5.41) is 3.03. The molecule has 0 spiro atoms. The molecule has 5 nitrogen and oxygen atoms in total. The van der Waals surface area contributed by atoms with Crippen molar-refractivity contribution in [1.29, 1.82) is 0 Å². The molecule has 0 aliphatic carbocycles. The Morgan fingerprint density at radius 1 is 0.939 bits per heavy atom. The second kappa shape index (κ2) is 11.3. The normalized spacial score (nSPS) is 10.9. The van der Waals surface area contributed by atoms with Crippen molar-refractivity contribution in [2.45, 2.75) is 39.2 Å². The van der Waals surface area contributed by atoms with Gasteiger partial charge in [0.2, 0.25) is 5.91 Å². The van der Waals surface area contributed by atoms with E-state index in [9.17, 15) is 4.79 Å². The predicted molar refractivity (Wildman–Crippen MR) is 133 cm³/mol. The molecule has 1 amide bonds. The number of ether oxygens (including phenoxy) is 1. The Kier molecular flexibility index (Phi) is 7.75. The molecule has 0 unspecified atom stereocenters. The van der Waals surface area contributed by atoms with E-state index < -0.39 is 0 Å². The Morgan fingerprint density at radius 3 is 2.48 bits per heavy atom. The molecular formula is C28H31N3O2. The largest absolute Gasteiger partial charge is 0.492 e. The van der Waals surface area contributed by atoms with Crippen LogP contribution < -0.4 is 10.1 Å². The maximum Gasteiger partial charge on any atom is 0.224 e. The zero-order chi connectivity index (χ0) is 22.9. The van der Waals surface area contributed by atoms with Crippen LogP contribution in [0.25, 0.3) is 11.0 Å². The van der Waals surface area contributed by atoms with Crippen molar-refractivity contribution in [3.63, 3.8) is 0 Å². The molecule has 0 saturated heterocycles. The molecule has 3 aromatic carbocycles. The minimum absolute atomic E-state index is 0.0530. The lowest BCUT2D eigenvalue weighted by molar-refractivity contribution is -0.120. The molecule has 0 fully saturated rings. The summed E-state index contributed by atoms with van der Waals surface area (Å²) in [6.45, 7) is 4.09. The van der Waals surface area contributed by atoms with Gasteiger partial charge in [-0.1, -0.05) is 61.5 Å². The summed E-state index contributed by atoms with van der Waals surface area (Å²) in [6.07, 6.45) is 3.07. The number of aromatic nitrogens is 2. The number of rotatable bonds is 11. The van der Waals surface area contributed by atoms with Gasteiger partial charge in [-0.15, -0.1) is 0 Å². The smallest absolute Gasteiger partial charge is 0.224 e. The lowest BCUT2D eigenvalue weighted by atomic mass is 10.1. The Morgan fingerprint density at radius 2 is 1.70 bits per heavy atom. The Bertz CT molecular complexity index is 1170. The average Bonchev–Trinajstić information content (AvgIpc) is 3.20. The quantitative estimate of drug-likeness (QED) is 0.334. The number of aryl methyl sites for hydroxylation is 2. The summed E-state index contributed by atoms with van der Waals surface area (Å²) < 4.78 is 8.23. The minimum Gasteiger partial charge on any atom is -0.492 e. The van der Waals surface area contributed by atoms with Gasteiger partial charge in [-0.25, -0.2) is 4.98 Å². The third-order valence-electron chi connectivity index (χ3n) is 5.76. The van der Waals surface area contributed by atoms with Crippen LogP contribution in [0.1, 0.15) is 30.3 Å². The van der Waals surface area contributed by atoms with Crippen LogP contribution in [0.3, 0.4) is 0 Å². The zero-order valence-corrected chi connectivity index (χ0v) is 19.2. The summed E-state index contributed by atoms with van der Waals surface area (Å²) in [4.78, 5) is 17.0. The van der Waals surface area contributed by atoms with E-state index in [1.807, 2.05) is 60.7 Å². The minimum atomic E-state index is 0.0530. The first-order valence-corrected chi connectivity index (χ1v) is 11.7. The van der Waals surface area contributed by atoms with Crippen molar-refractivity contribution < 1.29 is 9.53 Å². The molecular weight excluding hydrogens is 410 g/mol. The number of imidazole rings is 1. The van der Waals surface area contributed by atoms with Crippen LogP contribution in [-0.2, 0) is 30.6 Å². The SMILES string of the molecule is CCc1ccc(OCCn2c(CCCNC(=O)Cc3ccccc3)nc3ccccc32)cc1. The summed E-state index contributed by atoms with van der Waals surface area (Å²) >= 11 is 0. The number of fused-ring (bicyclic) bond motifs is 1. The first-order valence-electron chi connectivity index (χ1n) is 11.7. The third kappa shape index (κ3) is 6.22. The summed E-state index contributed by atoms with van der Waals surface area (Å²) in [6, 6.07) is 26.3. The van der Waals surface area contributed by atoms with Crippen LogP contribution in [0.5, 0.6) is 5.75 Å². The van der Waals surface area contributed by atoms with Gasteiger partial charge in [-0.3, -0.25) is 4.79 Å². The fraction of sp³-hybridized carbons (Fsp3) is 0.286. The van der Waals surface area contributed by atoms with Gasteiger partial charge in [-0.05, 0) is 48.2 Å². The third-order valence-corrected chi connectivity index (χ3v) is 5.76. The van der Waals surface area contributed by atoms with Gasteiger partial charge in [0.1, 0.15) is 18.2 Å². The first-order chi connectivity index (χ1) is 16.2. The highest BCUT2D eigenvalue weighted by molar-refractivity contribution is 5.78. The van der Waals surface area contributed by atoms with Crippen molar-refractivity contribution in [2.24, 2.45) is 0 Å². The highest BCUT2D eigenvalue weighted by Crippen LogP contribution is 2.18. The zero-order valence-electron chi connectivity index (χ0n) is 19.2. The van der Waals surface area contributed by atoms with Crippen LogP contribution in [-0.4, -0.2) is 28.6 Å². The molecule has 1 aromatic heterocycles. The van der Waals surface area contributed by atoms with Crippen LogP contribution in [0, 0.1) is 0 Å². The molecule has 170 valence electrons. The molecule has 0 saturated carbocycles. The Labute approximate surface area is 195 Å². The number of para-hydroxylation sites is 2. The molecule has 0 aliphatic heterocycles. The fourth-order valence-corrected chi connectivity index (χ4v) is 3.96. The van der Waals surface area contributed by atoms with Gasteiger partial charge in [-0.2, -0.15) is 0 Å². The van der Waals surface area contributed by atoms with Gasteiger partial charge >= 0.3 is 0 Å². The number of amides is 1. The molecule has 4 rings (SSSR count). The van der Waals surface area contributed by atoms with Crippen LogP contribution in [0.4, 0.5) is 0 Å². The maximum absolute atomic E-state index is 12.2. The molecule has 4 aromatic rings. The summed E-state index contributed by atoms with van der Waals surface area (Å²) in [5.74, 6) is 1.97. The lowest BCUT2D eigenvalue weighted by Gasteiger charge is -2.11. The second-order valence-electron chi connectivity index (χ2n) is 8.13. The lowest BCUT2D eigenvalue weighted by Crippen LogP contribution is -2.26. The molecule has 5 heteroatoms. The molecule has 33 heavy (non-hydrogen) atoms. The predicted octanol–water partition coefficient (Wildman–Crippen LogP) is 4.97. The molecule has 0 atom stereocenters. The van der Waals surface area contributed by atoms with Crippen molar-refractivity contribution in [3.05, 3.63) is 95.8 Å². The van der Waals surface area contributed by atoms with E-state index in [1.165, 1.54) is 5.56 Å². The van der Waals surface area contributed by atoms with Gasteiger partial charge in [0.15, 0.2) is 0 Å². The van der Waals surface area contributed by atoms with Crippen LogP contribution in [0.15, 0.2) is 78.9 Å². The molecule has 0 bridgehead atoms. The van der Waals surface area contributed by atoms with E-state index in [0.29, 0.717) is 19.6 Å². The maximum atomic E-state index is 12.2. The van der Waals surface area contributed by atoms with E-state index in [-0.39, 0.29) is 5.91 Å². The van der Waals surface area contributed by atoms with Gasteiger partial charge < -0.3 is 14.6 Å². The first kappa shape index (κ1) is 22.6. The topological polar surface area (TPSA) is 56.1 Å².